The third kappa shape index (κ3) is 55.9. The van der Waals surface area contributed by atoms with Crippen LogP contribution in [0.25, 0.3) is 0 Å². The Kier molecular flexibility index (Phi) is 55.3. The van der Waals surface area contributed by atoms with E-state index in [1.807, 2.05) is 0 Å². The number of carbonyl (C=O) groups is 3. The van der Waals surface area contributed by atoms with Crippen LogP contribution in [0.2, 0.25) is 0 Å². The molecule has 1 atom stereocenters. The fourth-order valence-corrected chi connectivity index (χ4v) is 8.44. The summed E-state index contributed by atoms with van der Waals surface area (Å²) in [6.07, 6.45) is 72.1. The Morgan fingerprint density at radius 1 is 0.290 bits per heavy atom. The monoisotopic (exact) mass is 965 g/mol. The molecule has 69 heavy (non-hydrogen) atoms. The van der Waals surface area contributed by atoms with E-state index in [1.165, 1.54) is 193 Å². The first-order valence-electron chi connectivity index (χ1n) is 29.8. The number of carbonyl (C=O) groups excluding carboxylic acids is 3. The maximum Gasteiger partial charge on any atom is 0.306 e. The Balaban J connectivity index is 4.40. The summed E-state index contributed by atoms with van der Waals surface area (Å²) in [6.45, 7) is 6.60. The minimum Gasteiger partial charge on any atom is -0.462 e. The van der Waals surface area contributed by atoms with E-state index in [0.717, 1.165) is 64.2 Å². The van der Waals surface area contributed by atoms with Gasteiger partial charge in [-0.3, -0.25) is 14.4 Å². The highest BCUT2D eigenvalue weighted by atomic mass is 16.6. The highest BCUT2D eigenvalue weighted by Crippen LogP contribution is 2.15. The lowest BCUT2D eigenvalue weighted by molar-refractivity contribution is -0.167. The highest BCUT2D eigenvalue weighted by Gasteiger charge is 2.19. The van der Waals surface area contributed by atoms with Crippen LogP contribution in [0.1, 0.15) is 303 Å². The van der Waals surface area contributed by atoms with E-state index in [-0.39, 0.29) is 37.5 Å². The molecule has 0 radical (unpaired) electrons. The number of hydrogen-bond donors (Lipinski definition) is 0. The molecule has 0 aliphatic carbocycles. The molecule has 0 fully saturated rings. The maximum absolute atomic E-state index is 12.8. The Morgan fingerprint density at radius 3 is 0.884 bits per heavy atom. The first kappa shape index (κ1) is 66.1. The largest absolute Gasteiger partial charge is 0.462 e. The first-order chi connectivity index (χ1) is 34.0. The second kappa shape index (κ2) is 57.7. The van der Waals surface area contributed by atoms with Crippen LogP contribution < -0.4 is 0 Å². The van der Waals surface area contributed by atoms with Gasteiger partial charge in [0.2, 0.25) is 0 Å². The quantitative estimate of drug-likeness (QED) is 0.0262. The molecule has 0 rings (SSSR count). The molecule has 0 aromatic carbocycles. The lowest BCUT2D eigenvalue weighted by Crippen LogP contribution is -2.30. The molecule has 0 saturated heterocycles. The van der Waals surface area contributed by atoms with E-state index in [1.54, 1.807) is 0 Å². The molecule has 0 aromatic rings. The highest BCUT2D eigenvalue weighted by molar-refractivity contribution is 5.71. The van der Waals surface area contributed by atoms with Crippen molar-refractivity contribution < 1.29 is 28.6 Å². The van der Waals surface area contributed by atoms with E-state index < -0.39 is 6.10 Å². The molecule has 0 heterocycles. The van der Waals surface area contributed by atoms with Crippen molar-refractivity contribution in [3.8, 4) is 0 Å². The number of rotatable bonds is 54. The van der Waals surface area contributed by atoms with E-state index in [0.29, 0.717) is 19.3 Å². The third-order valence-electron chi connectivity index (χ3n) is 13.0. The summed E-state index contributed by atoms with van der Waals surface area (Å²) in [4.78, 5) is 38.2. The molecule has 6 nitrogen and oxygen atoms in total. The van der Waals surface area contributed by atoms with Crippen LogP contribution >= 0.6 is 0 Å². The van der Waals surface area contributed by atoms with Crippen molar-refractivity contribution in [2.45, 2.75) is 309 Å². The van der Waals surface area contributed by atoms with Gasteiger partial charge in [-0.15, -0.1) is 0 Å². The molecule has 400 valence electrons. The van der Waals surface area contributed by atoms with Gasteiger partial charge in [0.05, 0.1) is 0 Å². The number of hydrogen-bond acceptors (Lipinski definition) is 6. The van der Waals surface area contributed by atoms with Gasteiger partial charge in [-0.05, 0) is 109 Å². The van der Waals surface area contributed by atoms with Gasteiger partial charge in [0.1, 0.15) is 13.2 Å². The summed E-state index contributed by atoms with van der Waals surface area (Å²) >= 11 is 0. The minimum absolute atomic E-state index is 0.0907. The van der Waals surface area contributed by atoms with Crippen molar-refractivity contribution >= 4 is 17.9 Å². The van der Waals surface area contributed by atoms with Crippen molar-refractivity contribution in [3.05, 3.63) is 60.8 Å². The minimum atomic E-state index is -0.796. The Bertz CT molecular complexity index is 1250. The second-order valence-corrected chi connectivity index (χ2v) is 19.9. The predicted molar refractivity (Wildman–Crippen MR) is 298 cm³/mol. The Morgan fingerprint density at radius 2 is 0.522 bits per heavy atom. The zero-order chi connectivity index (χ0) is 50.0. The number of esters is 3. The summed E-state index contributed by atoms with van der Waals surface area (Å²) in [5.74, 6) is -0.924. The average Bonchev–Trinajstić information content (AvgIpc) is 3.35. The zero-order valence-electron chi connectivity index (χ0n) is 45.8. The van der Waals surface area contributed by atoms with Gasteiger partial charge in [0.15, 0.2) is 6.10 Å². The van der Waals surface area contributed by atoms with Crippen LogP contribution in [0.15, 0.2) is 60.8 Å². The van der Waals surface area contributed by atoms with Crippen molar-refractivity contribution in [2.24, 2.45) is 0 Å². The van der Waals surface area contributed by atoms with Crippen LogP contribution in [0.4, 0.5) is 0 Å². The molecule has 0 bridgehead atoms. The molecule has 0 aliphatic heterocycles. The Hall–Kier alpha value is -2.89. The topological polar surface area (TPSA) is 78.9 Å². The average molecular weight is 966 g/mol. The van der Waals surface area contributed by atoms with Gasteiger partial charge in [-0.1, -0.05) is 236 Å². The van der Waals surface area contributed by atoms with Crippen molar-refractivity contribution in [1.82, 2.24) is 0 Å². The Labute approximate surface area is 428 Å². The molecule has 0 saturated carbocycles. The molecule has 6 heteroatoms. The van der Waals surface area contributed by atoms with Crippen molar-refractivity contribution in [1.29, 1.82) is 0 Å². The van der Waals surface area contributed by atoms with Crippen molar-refractivity contribution in [2.75, 3.05) is 13.2 Å². The smallest absolute Gasteiger partial charge is 0.306 e. The summed E-state index contributed by atoms with van der Waals surface area (Å²) < 4.78 is 16.9. The van der Waals surface area contributed by atoms with Crippen LogP contribution in [0, 0.1) is 0 Å². The van der Waals surface area contributed by atoms with Gasteiger partial charge in [-0.25, -0.2) is 0 Å². The fraction of sp³-hybridized carbons (Fsp3) is 0.794. The number of ether oxygens (including phenoxy) is 3. The lowest BCUT2D eigenvalue weighted by atomic mass is 10.1. The third-order valence-corrected chi connectivity index (χ3v) is 13.0. The SMILES string of the molecule is CCCCC/C=C\C/C=C\C/C=C\CCCCC(=O)O[C@@H](COC(=O)CCCCCCCCC/C=C\CCCCCCCC)COC(=O)CCCCCCCCCCC/C=C\CCCCCCCC. The van der Waals surface area contributed by atoms with Gasteiger partial charge in [-0.2, -0.15) is 0 Å². The summed E-state index contributed by atoms with van der Waals surface area (Å²) in [5, 5.41) is 0. The van der Waals surface area contributed by atoms with Crippen LogP contribution in [0.3, 0.4) is 0 Å². The van der Waals surface area contributed by atoms with Crippen LogP contribution in [-0.4, -0.2) is 37.2 Å². The molecular weight excluding hydrogens is 853 g/mol. The first-order valence-corrected chi connectivity index (χ1v) is 29.8. The molecular formula is C63H112O6. The van der Waals surface area contributed by atoms with Crippen LogP contribution in [0.5, 0.6) is 0 Å². The van der Waals surface area contributed by atoms with Crippen LogP contribution in [-0.2, 0) is 28.6 Å². The normalized spacial score (nSPS) is 12.4. The number of allylic oxidation sites excluding steroid dienone is 10. The van der Waals surface area contributed by atoms with E-state index >= 15 is 0 Å². The van der Waals surface area contributed by atoms with Gasteiger partial charge >= 0.3 is 17.9 Å². The summed E-state index contributed by atoms with van der Waals surface area (Å²) in [7, 11) is 0. The van der Waals surface area contributed by atoms with E-state index in [9.17, 15) is 14.4 Å². The maximum atomic E-state index is 12.8. The van der Waals surface area contributed by atoms with Gasteiger partial charge in [0.25, 0.3) is 0 Å². The molecule has 0 spiro atoms. The predicted octanol–water partition coefficient (Wildman–Crippen LogP) is 20.0. The summed E-state index contributed by atoms with van der Waals surface area (Å²) in [5.41, 5.74) is 0. The second-order valence-electron chi connectivity index (χ2n) is 19.9. The van der Waals surface area contributed by atoms with E-state index in [2.05, 4.69) is 81.5 Å². The lowest BCUT2D eigenvalue weighted by Gasteiger charge is -2.18. The van der Waals surface area contributed by atoms with E-state index in [4.69, 9.17) is 14.2 Å². The van der Waals surface area contributed by atoms with Crippen molar-refractivity contribution in [3.63, 3.8) is 0 Å². The van der Waals surface area contributed by atoms with Gasteiger partial charge < -0.3 is 14.2 Å². The molecule has 0 aliphatic rings. The molecule has 0 aromatic heterocycles. The van der Waals surface area contributed by atoms with Gasteiger partial charge in [0, 0.05) is 19.3 Å². The standard InChI is InChI=1S/C63H112O6/c1-4-7-10-13-16-19-22-25-28-30-31-33-36-38-41-44-47-50-53-56-62(65)68-59-60(69-63(66)57-54-51-48-45-42-39-34-27-24-21-18-15-12-9-6-3)58-67-61(64)55-52-49-46-43-40-37-35-32-29-26-23-20-17-14-11-8-5-2/h18,21,25-29,34,42,45,60H,4-17,19-20,22-24,30-33,35-41,43-44,46-59H2,1-3H3/b21-18-,28-25-,29-26-,34-27-,45-42-/t60-/m0/s1. The fourth-order valence-electron chi connectivity index (χ4n) is 8.44. The summed E-state index contributed by atoms with van der Waals surface area (Å²) in [6, 6.07) is 0. The zero-order valence-corrected chi connectivity index (χ0v) is 45.8. The molecule has 0 N–H and O–H groups in total. The molecule has 0 unspecified atom stereocenters. The number of unbranched alkanes of at least 4 members (excludes halogenated alkanes) is 33. The molecule has 0 amide bonds.